The van der Waals surface area contributed by atoms with E-state index in [9.17, 15) is 13.2 Å². The monoisotopic (exact) mass is 416 g/mol. The molecule has 0 radical (unpaired) electrons. The normalized spacial score (nSPS) is 16.3. The Morgan fingerprint density at radius 2 is 1.68 bits per heavy atom. The fraction of sp³-hybridized carbons (Fsp3) is 0.263. The first-order valence-electron chi connectivity index (χ1n) is 8.93. The van der Waals surface area contributed by atoms with Crippen molar-refractivity contribution in [1.29, 1.82) is 0 Å². The Bertz CT molecular complexity index is 1090. The molecule has 0 aliphatic carbocycles. The number of aromatic nitrogens is 2. The number of hydrogen-bond acceptors (Lipinski definition) is 6. The third-order valence-corrected chi connectivity index (χ3v) is 7.44. The van der Waals surface area contributed by atoms with Gasteiger partial charge in [-0.25, -0.2) is 8.42 Å². The summed E-state index contributed by atoms with van der Waals surface area (Å²) in [5, 5.41) is 1.82. The van der Waals surface area contributed by atoms with Crippen LogP contribution in [0.25, 0.3) is 11.4 Å². The zero-order valence-electron chi connectivity index (χ0n) is 15.1. The largest absolute Gasteiger partial charge is 0.308 e. The van der Waals surface area contributed by atoms with E-state index >= 15 is 0 Å². The summed E-state index contributed by atoms with van der Waals surface area (Å²) in [5.41, 5.74) is 1.54. The van der Waals surface area contributed by atoms with Gasteiger partial charge in [-0.3, -0.25) is 19.2 Å². The van der Waals surface area contributed by atoms with E-state index in [4.69, 9.17) is 0 Å². The summed E-state index contributed by atoms with van der Waals surface area (Å²) in [6.07, 6.45) is 1.70. The Hall–Kier alpha value is -2.33. The van der Waals surface area contributed by atoms with Crippen molar-refractivity contribution in [2.75, 3.05) is 26.2 Å². The number of hydrogen-bond donors (Lipinski definition) is 0. The smallest absolute Gasteiger partial charge is 0.284 e. The highest BCUT2D eigenvalue weighted by molar-refractivity contribution is 7.89. The molecule has 1 saturated heterocycles. The molecule has 0 N–H and O–H groups in total. The third-order valence-electron chi connectivity index (χ3n) is 4.76. The summed E-state index contributed by atoms with van der Waals surface area (Å²) in [5.74, 6) is 0. The zero-order valence-corrected chi connectivity index (χ0v) is 16.8. The molecular formula is C19H20N4O3S2. The van der Waals surface area contributed by atoms with Crippen molar-refractivity contribution < 1.29 is 8.42 Å². The number of nitrogens with zero attached hydrogens (tertiary/aromatic N) is 4. The second-order valence-corrected chi connectivity index (χ2v) is 9.27. The van der Waals surface area contributed by atoms with Gasteiger partial charge in [0.05, 0.1) is 23.0 Å². The lowest BCUT2D eigenvalue weighted by Gasteiger charge is -2.34. The Morgan fingerprint density at radius 1 is 0.964 bits per heavy atom. The number of rotatable bonds is 5. The van der Waals surface area contributed by atoms with Gasteiger partial charge in [0.25, 0.3) is 0 Å². The van der Waals surface area contributed by atoms with E-state index in [2.05, 4.69) is 9.88 Å². The first kappa shape index (κ1) is 19.0. The molecule has 146 valence electrons. The van der Waals surface area contributed by atoms with E-state index in [0.717, 1.165) is 22.7 Å². The maximum atomic E-state index is 12.7. The lowest BCUT2D eigenvalue weighted by molar-refractivity contribution is 0.152. The number of piperazine rings is 1. The Balaban J connectivity index is 1.46. The predicted octanol–water partition coefficient (Wildman–Crippen LogP) is 1.94. The van der Waals surface area contributed by atoms with Crippen molar-refractivity contribution in [2.24, 2.45) is 0 Å². The van der Waals surface area contributed by atoms with Crippen LogP contribution in [0.15, 0.2) is 69.8 Å². The predicted molar refractivity (Wildman–Crippen MR) is 109 cm³/mol. The van der Waals surface area contributed by atoms with E-state index < -0.39 is 10.0 Å². The molecule has 1 aromatic carbocycles. The summed E-state index contributed by atoms with van der Waals surface area (Å²) in [7, 11) is -3.48. The minimum atomic E-state index is -3.48. The molecular weight excluding hydrogens is 396 g/mol. The van der Waals surface area contributed by atoms with E-state index in [-0.39, 0.29) is 4.87 Å². The molecule has 1 aliphatic rings. The lowest BCUT2D eigenvalue weighted by Crippen LogP contribution is -2.49. The minimum absolute atomic E-state index is 0.0417. The van der Waals surface area contributed by atoms with Gasteiger partial charge in [-0.2, -0.15) is 4.31 Å². The van der Waals surface area contributed by atoms with Crippen LogP contribution in [0.5, 0.6) is 0 Å². The molecule has 3 aromatic rings. The van der Waals surface area contributed by atoms with Crippen molar-refractivity contribution in [3.05, 3.63) is 69.8 Å². The van der Waals surface area contributed by atoms with E-state index in [1.165, 1.54) is 4.31 Å². The number of pyridine rings is 1. The molecule has 9 heteroatoms. The molecule has 0 unspecified atom stereocenters. The van der Waals surface area contributed by atoms with E-state index in [1.54, 1.807) is 41.1 Å². The topological polar surface area (TPSA) is 75.5 Å². The molecule has 2 aromatic heterocycles. The number of benzene rings is 1. The van der Waals surface area contributed by atoms with Gasteiger partial charge in [-0.05, 0) is 24.3 Å². The van der Waals surface area contributed by atoms with Gasteiger partial charge < -0.3 is 0 Å². The van der Waals surface area contributed by atoms with Crippen molar-refractivity contribution >= 4 is 21.4 Å². The second kappa shape index (κ2) is 7.96. The molecule has 28 heavy (non-hydrogen) atoms. The maximum Gasteiger partial charge on any atom is 0.308 e. The van der Waals surface area contributed by atoms with Gasteiger partial charge in [-0.15, -0.1) is 0 Å². The summed E-state index contributed by atoms with van der Waals surface area (Å²) < 4.78 is 28.7. The Kier molecular flexibility index (Phi) is 5.40. The summed E-state index contributed by atoms with van der Waals surface area (Å²) in [6.45, 7) is 2.35. The highest BCUT2D eigenvalue weighted by Gasteiger charge is 2.28. The fourth-order valence-electron chi connectivity index (χ4n) is 3.23. The van der Waals surface area contributed by atoms with Crippen LogP contribution in [0.4, 0.5) is 0 Å². The van der Waals surface area contributed by atoms with Crippen LogP contribution in [0.3, 0.4) is 0 Å². The van der Waals surface area contributed by atoms with Crippen LogP contribution in [-0.2, 0) is 16.7 Å². The highest BCUT2D eigenvalue weighted by atomic mass is 32.2. The van der Waals surface area contributed by atoms with Gasteiger partial charge in [0.15, 0.2) is 0 Å². The van der Waals surface area contributed by atoms with Gasteiger partial charge in [0, 0.05) is 37.8 Å². The van der Waals surface area contributed by atoms with Crippen LogP contribution >= 0.6 is 11.3 Å². The molecule has 7 nitrogen and oxygen atoms in total. The molecule has 1 fully saturated rings. The molecule has 1 aliphatic heterocycles. The number of sulfonamides is 1. The van der Waals surface area contributed by atoms with Crippen LogP contribution in [0.2, 0.25) is 0 Å². The second-order valence-electron chi connectivity index (χ2n) is 6.51. The van der Waals surface area contributed by atoms with Crippen LogP contribution in [0, 0.1) is 0 Å². The third kappa shape index (κ3) is 3.79. The summed E-state index contributed by atoms with van der Waals surface area (Å²) in [4.78, 5) is 19.0. The summed E-state index contributed by atoms with van der Waals surface area (Å²) >= 11 is 1.15. The average molecular weight is 417 g/mol. The fourth-order valence-corrected chi connectivity index (χ4v) is 5.42. The van der Waals surface area contributed by atoms with Gasteiger partial charge in [0.1, 0.15) is 0 Å². The Morgan fingerprint density at radius 3 is 2.36 bits per heavy atom. The van der Waals surface area contributed by atoms with Crippen molar-refractivity contribution in [3.63, 3.8) is 0 Å². The van der Waals surface area contributed by atoms with Gasteiger partial charge in [0.2, 0.25) is 10.0 Å². The first-order valence-corrected chi connectivity index (χ1v) is 11.2. The van der Waals surface area contributed by atoms with E-state index in [0.29, 0.717) is 37.7 Å². The van der Waals surface area contributed by atoms with Crippen molar-refractivity contribution in [1.82, 2.24) is 18.8 Å². The van der Waals surface area contributed by atoms with Gasteiger partial charge in [-0.1, -0.05) is 35.6 Å². The van der Waals surface area contributed by atoms with Crippen molar-refractivity contribution in [3.8, 4) is 11.4 Å². The SMILES string of the molecule is O=c1scc(-c2ccccn2)n1CN1CCN(S(=O)(=O)c2ccccc2)CC1. The molecule has 0 bridgehead atoms. The lowest BCUT2D eigenvalue weighted by atomic mass is 10.3. The quantitative estimate of drug-likeness (QED) is 0.635. The zero-order chi connectivity index (χ0) is 19.6. The first-order chi connectivity index (χ1) is 13.6. The molecule has 0 spiro atoms. The average Bonchev–Trinajstić information content (AvgIpc) is 3.10. The van der Waals surface area contributed by atoms with Gasteiger partial charge >= 0.3 is 4.87 Å². The highest BCUT2D eigenvalue weighted by Crippen LogP contribution is 2.20. The van der Waals surface area contributed by atoms with Crippen LogP contribution in [-0.4, -0.2) is 53.4 Å². The van der Waals surface area contributed by atoms with Crippen LogP contribution < -0.4 is 4.87 Å². The number of thiazole rings is 1. The van der Waals surface area contributed by atoms with Crippen molar-refractivity contribution in [2.45, 2.75) is 11.6 Å². The molecule has 4 rings (SSSR count). The molecule has 0 amide bonds. The minimum Gasteiger partial charge on any atom is -0.284 e. The van der Waals surface area contributed by atoms with Crippen LogP contribution in [0.1, 0.15) is 0 Å². The van der Waals surface area contributed by atoms with E-state index in [1.807, 2.05) is 23.6 Å². The maximum absolute atomic E-state index is 12.7. The molecule has 0 atom stereocenters. The summed E-state index contributed by atoms with van der Waals surface area (Å²) in [6, 6.07) is 14.1. The Labute approximate surface area is 167 Å². The molecule has 3 heterocycles. The standard InChI is InChI=1S/C19H20N4O3S2/c24-19-23(18(14-27-19)17-8-4-5-9-20-17)15-21-10-12-22(13-11-21)28(25,26)16-6-2-1-3-7-16/h1-9,14H,10-13,15H2. The molecule has 0 saturated carbocycles.